The fourth-order valence-corrected chi connectivity index (χ4v) is 5.06. The minimum atomic E-state index is -0.812. The number of nitrogens with one attached hydrogen (secondary N) is 1. The Kier molecular flexibility index (Phi) is 6.47. The monoisotopic (exact) mass is 453 g/mol. The van der Waals surface area contributed by atoms with Gasteiger partial charge in [-0.25, -0.2) is 0 Å². The molecule has 4 rings (SSSR count). The van der Waals surface area contributed by atoms with Crippen LogP contribution < -0.4 is 24.4 Å². The Morgan fingerprint density at radius 2 is 1.73 bits per heavy atom. The lowest BCUT2D eigenvalue weighted by Gasteiger charge is -2.44. The topological polar surface area (TPSA) is 80.3 Å². The number of likely N-dealkylation sites (N-methyl/N-ethyl adjacent to an activating group) is 1. The molecule has 8 heteroatoms. The van der Waals surface area contributed by atoms with E-state index in [4.69, 9.17) is 14.2 Å². The molecule has 1 fully saturated rings. The molecule has 0 saturated heterocycles. The van der Waals surface area contributed by atoms with Crippen molar-refractivity contribution in [3.8, 4) is 17.2 Å². The zero-order valence-corrected chi connectivity index (χ0v) is 19.6. The average Bonchev–Trinajstić information content (AvgIpc) is 3.29. The van der Waals surface area contributed by atoms with Gasteiger partial charge in [-0.15, -0.1) is 0 Å². The number of rotatable bonds is 7. The van der Waals surface area contributed by atoms with E-state index in [-0.39, 0.29) is 18.4 Å². The van der Waals surface area contributed by atoms with Crippen molar-refractivity contribution in [3.05, 3.63) is 42.0 Å². The highest BCUT2D eigenvalue weighted by Crippen LogP contribution is 2.45. The van der Waals surface area contributed by atoms with Crippen molar-refractivity contribution in [2.45, 2.75) is 37.8 Å². The number of nitrogens with zero attached hydrogens (tertiary/aromatic N) is 2. The van der Waals surface area contributed by atoms with Crippen LogP contribution in [0.1, 0.15) is 31.2 Å². The molecule has 2 aromatic carbocycles. The molecule has 176 valence electrons. The summed E-state index contributed by atoms with van der Waals surface area (Å²) < 4.78 is 16.4. The van der Waals surface area contributed by atoms with Crippen molar-refractivity contribution in [1.29, 1.82) is 0 Å². The van der Waals surface area contributed by atoms with Crippen LogP contribution in [0, 0.1) is 0 Å². The average molecular weight is 454 g/mol. The summed E-state index contributed by atoms with van der Waals surface area (Å²) in [5.41, 5.74) is 1.50. The number of amides is 2. The first kappa shape index (κ1) is 22.9. The first-order chi connectivity index (χ1) is 15.9. The molecular formula is C25H31N3O5. The number of ether oxygens (including phenoxy) is 3. The fourth-order valence-electron chi connectivity index (χ4n) is 5.06. The minimum Gasteiger partial charge on any atom is -0.493 e. The minimum absolute atomic E-state index is 0.0868. The number of hydrogen-bond acceptors (Lipinski definition) is 6. The summed E-state index contributed by atoms with van der Waals surface area (Å²) in [4.78, 5) is 30.5. The quantitative estimate of drug-likeness (QED) is 0.692. The van der Waals surface area contributed by atoms with Crippen molar-refractivity contribution < 1.29 is 23.8 Å². The van der Waals surface area contributed by atoms with Gasteiger partial charge in [0, 0.05) is 12.1 Å². The Bertz CT molecular complexity index is 1050. The predicted octanol–water partition coefficient (Wildman–Crippen LogP) is 3.44. The molecule has 0 aromatic heterocycles. The summed E-state index contributed by atoms with van der Waals surface area (Å²) in [5.74, 6) is 1.49. The summed E-state index contributed by atoms with van der Waals surface area (Å²) >= 11 is 0. The Morgan fingerprint density at radius 3 is 2.39 bits per heavy atom. The van der Waals surface area contributed by atoms with E-state index in [1.807, 2.05) is 48.3 Å². The lowest BCUT2D eigenvalue weighted by atomic mass is 9.89. The number of benzene rings is 2. The highest BCUT2D eigenvalue weighted by molar-refractivity contribution is 6.15. The SMILES string of the molecule is COc1ccc(CN(C)CC(=O)N2c3ccccc3NC(=O)C23CCCC3)c(OC)c1OC. The maximum atomic E-state index is 13.7. The van der Waals surface area contributed by atoms with Gasteiger partial charge < -0.3 is 19.5 Å². The molecule has 0 bridgehead atoms. The normalized spacial score (nSPS) is 16.5. The van der Waals surface area contributed by atoms with Crippen LogP contribution in [0.5, 0.6) is 17.2 Å². The zero-order valence-electron chi connectivity index (χ0n) is 19.6. The van der Waals surface area contributed by atoms with Crippen LogP contribution in [-0.2, 0) is 16.1 Å². The van der Waals surface area contributed by atoms with Crippen LogP contribution in [-0.4, -0.2) is 57.2 Å². The second-order valence-electron chi connectivity index (χ2n) is 8.60. The van der Waals surface area contributed by atoms with Crippen LogP contribution in [0.25, 0.3) is 0 Å². The van der Waals surface area contributed by atoms with E-state index in [9.17, 15) is 9.59 Å². The second kappa shape index (κ2) is 9.31. The van der Waals surface area contributed by atoms with Gasteiger partial charge in [0.1, 0.15) is 5.54 Å². The molecule has 33 heavy (non-hydrogen) atoms. The largest absolute Gasteiger partial charge is 0.493 e. The van der Waals surface area contributed by atoms with Gasteiger partial charge in [0.25, 0.3) is 5.91 Å². The van der Waals surface area contributed by atoms with E-state index >= 15 is 0 Å². The first-order valence-corrected chi connectivity index (χ1v) is 11.1. The van der Waals surface area contributed by atoms with E-state index in [1.165, 1.54) is 0 Å². The third-order valence-electron chi connectivity index (χ3n) is 6.56. The second-order valence-corrected chi connectivity index (χ2v) is 8.60. The number of carbonyl (C=O) groups is 2. The van der Waals surface area contributed by atoms with E-state index < -0.39 is 5.54 Å². The maximum absolute atomic E-state index is 13.7. The number of methoxy groups -OCH3 is 3. The van der Waals surface area contributed by atoms with Gasteiger partial charge in [0.05, 0.1) is 39.2 Å². The van der Waals surface area contributed by atoms with E-state index in [1.54, 1.807) is 26.2 Å². The molecule has 1 heterocycles. The lowest BCUT2D eigenvalue weighted by molar-refractivity contribution is -0.127. The summed E-state index contributed by atoms with van der Waals surface area (Å²) in [6, 6.07) is 11.2. The zero-order chi connectivity index (χ0) is 23.6. The standard InChI is InChI=1S/C25H31N3O5/c1-27(15-17-11-12-20(31-2)23(33-4)22(17)32-3)16-21(29)28-19-10-6-5-9-18(19)26-24(30)25(28)13-7-8-14-25/h5-6,9-12H,7-8,13-16H2,1-4H3,(H,26,30). The molecule has 2 amide bonds. The van der Waals surface area contributed by atoms with Crippen molar-refractivity contribution in [2.75, 3.05) is 45.1 Å². The summed E-state index contributed by atoms with van der Waals surface area (Å²) in [6.45, 7) is 0.616. The molecule has 0 atom stereocenters. The van der Waals surface area contributed by atoms with Gasteiger partial charge in [-0.3, -0.25) is 19.4 Å². The molecule has 2 aliphatic rings. The smallest absolute Gasteiger partial charge is 0.250 e. The van der Waals surface area contributed by atoms with Crippen molar-refractivity contribution in [2.24, 2.45) is 0 Å². The van der Waals surface area contributed by atoms with E-state index in [2.05, 4.69) is 5.32 Å². The molecule has 1 aliphatic carbocycles. The highest BCUT2D eigenvalue weighted by atomic mass is 16.5. The van der Waals surface area contributed by atoms with Crippen LogP contribution in [0.2, 0.25) is 0 Å². The highest BCUT2D eigenvalue weighted by Gasteiger charge is 2.52. The molecule has 8 nitrogen and oxygen atoms in total. The number of anilines is 2. The number of hydrogen-bond donors (Lipinski definition) is 1. The van der Waals surface area contributed by atoms with Gasteiger partial charge in [0.15, 0.2) is 11.5 Å². The molecule has 0 unspecified atom stereocenters. The third kappa shape index (κ3) is 3.99. The lowest BCUT2D eigenvalue weighted by Crippen LogP contribution is -2.62. The Hall–Kier alpha value is -3.26. The molecule has 1 N–H and O–H groups in total. The molecule has 0 radical (unpaired) electrons. The number of para-hydroxylation sites is 2. The summed E-state index contributed by atoms with van der Waals surface area (Å²) in [5, 5.41) is 3.02. The van der Waals surface area contributed by atoms with E-state index in [0.29, 0.717) is 42.3 Å². The van der Waals surface area contributed by atoms with Crippen LogP contribution >= 0.6 is 0 Å². The maximum Gasteiger partial charge on any atom is 0.250 e. The third-order valence-corrected chi connectivity index (χ3v) is 6.56. The Balaban J connectivity index is 1.59. The predicted molar refractivity (Wildman–Crippen MR) is 126 cm³/mol. The van der Waals surface area contributed by atoms with E-state index in [0.717, 1.165) is 24.1 Å². The van der Waals surface area contributed by atoms with Gasteiger partial charge in [-0.2, -0.15) is 0 Å². The van der Waals surface area contributed by atoms with Crippen molar-refractivity contribution in [3.63, 3.8) is 0 Å². The number of carbonyl (C=O) groups excluding carboxylic acids is 2. The first-order valence-electron chi connectivity index (χ1n) is 11.1. The number of fused-ring (bicyclic) bond motifs is 1. The summed E-state index contributed by atoms with van der Waals surface area (Å²) in [7, 11) is 6.61. The molecular weight excluding hydrogens is 422 g/mol. The van der Waals surface area contributed by atoms with Gasteiger partial charge in [-0.1, -0.05) is 31.0 Å². The van der Waals surface area contributed by atoms with Gasteiger partial charge in [0.2, 0.25) is 11.7 Å². The molecule has 1 spiro atoms. The fraction of sp³-hybridized carbons (Fsp3) is 0.440. The Morgan fingerprint density at radius 1 is 1.03 bits per heavy atom. The van der Waals surface area contributed by atoms with Crippen molar-refractivity contribution in [1.82, 2.24) is 4.90 Å². The molecule has 1 aliphatic heterocycles. The van der Waals surface area contributed by atoms with Gasteiger partial charge >= 0.3 is 0 Å². The Labute approximate surface area is 194 Å². The van der Waals surface area contributed by atoms with Crippen LogP contribution in [0.3, 0.4) is 0 Å². The van der Waals surface area contributed by atoms with Gasteiger partial charge in [-0.05, 0) is 38.1 Å². The van der Waals surface area contributed by atoms with Crippen molar-refractivity contribution >= 4 is 23.2 Å². The summed E-state index contributed by atoms with van der Waals surface area (Å²) in [6.07, 6.45) is 3.20. The van der Waals surface area contributed by atoms with Crippen LogP contribution in [0.15, 0.2) is 36.4 Å². The van der Waals surface area contributed by atoms with Crippen LogP contribution in [0.4, 0.5) is 11.4 Å². The molecule has 1 saturated carbocycles. The molecule has 2 aromatic rings.